The Labute approximate surface area is 137 Å². The molecule has 124 valence electrons. The van der Waals surface area contributed by atoms with Gasteiger partial charge in [-0.3, -0.25) is 9.59 Å². The number of hydrogen-bond donors (Lipinski definition) is 1. The molecule has 23 heavy (non-hydrogen) atoms. The van der Waals surface area contributed by atoms with Crippen LogP contribution in [0.15, 0.2) is 24.3 Å². The zero-order valence-electron chi connectivity index (χ0n) is 13.5. The molecule has 0 bridgehead atoms. The molecule has 2 fully saturated rings. The highest BCUT2D eigenvalue weighted by Crippen LogP contribution is 2.33. The lowest BCUT2D eigenvalue weighted by atomic mass is 9.84. The highest BCUT2D eigenvalue weighted by molar-refractivity contribution is 5.94. The van der Waals surface area contributed by atoms with Crippen molar-refractivity contribution in [2.24, 2.45) is 0 Å². The van der Waals surface area contributed by atoms with E-state index in [0.717, 1.165) is 12.8 Å². The molecule has 1 unspecified atom stereocenters. The summed E-state index contributed by atoms with van der Waals surface area (Å²) in [6, 6.07) is 7.86. The summed E-state index contributed by atoms with van der Waals surface area (Å²) < 4.78 is 0. The van der Waals surface area contributed by atoms with Gasteiger partial charge in [0.25, 0.3) is 5.91 Å². The summed E-state index contributed by atoms with van der Waals surface area (Å²) in [6.45, 7) is 0.668. The summed E-state index contributed by atoms with van der Waals surface area (Å²) in [5.74, 6) is -0.217. The molecule has 1 N–H and O–H groups in total. The van der Waals surface area contributed by atoms with E-state index in [1.165, 1.54) is 37.7 Å². The van der Waals surface area contributed by atoms with Gasteiger partial charge in [0.2, 0.25) is 0 Å². The maximum absolute atomic E-state index is 12.7. The first-order valence-corrected chi connectivity index (χ1v) is 8.78. The van der Waals surface area contributed by atoms with Gasteiger partial charge >= 0.3 is 5.97 Å². The van der Waals surface area contributed by atoms with Crippen LogP contribution in [0.1, 0.15) is 73.2 Å². The third-order valence-electron chi connectivity index (χ3n) is 5.28. The van der Waals surface area contributed by atoms with Crippen LogP contribution in [0.3, 0.4) is 0 Å². The van der Waals surface area contributed by atoms with Crippen molar-refractivity contribution in [2.75, 3.05) is 6.54 Å². The molecule has 0 aromatic heterocycles. The lowest BCUT2D eigenvalue weighted by Gasteiger charge is -2.24. The van der Waals surface area contributed by atoms with Crippen LogP contribution in [0, 0.1) is 0 Å². The summed E-state index contributed by atoms with van der Waals surface area (Å²) in [7, 11) is 0. The first-order chi connectivity index (χ1) is 11.1. The second kappa shape index (κ2) is 7.16. The zero-order valence-corrected chi connectivity index (χ0v) is 13.5. The monoisotopic (exact) mass is 315 g/mol. The van der Waals surface area contributed by atoms with E-state index in [1.807, 2.05) is 12.1 Å². The Bertz CT molecular complexity index is 560. The molecule has 1 heterocycles. The molecule has 0 spiro atoms. The molecule has 1 amide bonds. The number of carboxylic acids is 1. The second-order valence-electron chi connectivity index (χ2n) is 6.85. The second-order valence-corrected chi connectivity index (χ2v) is 6.85. The Morgan fingerprint density at radius 1 is 1.00 bits per heavy atom. The van der Waals surface area contributed by atoms with Gasteiger partial charge in [-0.2, -0.15) is 0 Å². The number of benzene rings is 1. The minimum absolute atomic E-state index is 0.0241. The minimum Gasteiger partial charge on any atom is -0.481 e. The van der Waals surface area contributed by atoms with Crippen LogP contribution < -0.4 is 0 Å². The Hall–Kier alpha value is -1.84. The fourth-order valence-corrected chi connectivity index (χ4v) is 4.02. The largest absolute Gasteiger partial charge is 0.481 e. The van der Waals surface area contributed by atoms with E-state index in [-0.39, 0.29) is 18.4 Å². The van der Waals surface area contributed by atoms with Gasteiger partial charge in [0, 0.05) is 18.2 Å². The van der Waals surface area contributed by atoms with Gasteiger partial charge < -0.3 is 10.0 Å². The number of likely N-dealkylation sites (tertiary alicyclic amines) is 1. The molecular formula is C19H25NO3. The Kier molecular flexibility index (Phi) is 4.99. The molecule has 4 heteroatoms. The van der Waals surface area contributed by atoms with Crippen LogP contribution in [0.25, 0.3) is 0 Å². The van der Waals surface area contributed by atoms with Crippen molar-refractivity contribution in [2.45, 2.75) is 63.3 Å². The quantitative estimate of drug-likeness (QED) is 0.919. The number of hydrogen-bond acceptors (Lipinski definition) is 2. The SMILES string of the molecule is O=C(O)CC1CCCN1C(=O)c1ccc(C2CCCCC2)cc1. The van der Waals surface area contributed by atoms with Crippen LogP contribution in [0.2, 0.25) is 0 Å². The first kappa shape index (κ1) is 16.0. The van der Waals surface area contributed by atoms with Gasteiger partial charge in [-0.1, -0.05) is 31.4 Å². The number of rotatable bonds is 4. The standard InChI is InChI=1S/C19H25NO3/c21-18(22)13-17-7-4-12-20(17)19(23)16-10-8-15(9-11-16)14-5-2-1-3-6-14/h8-11,14,17H,1-7,12-13H2,(H,21,22). The summed E-state index contributed by atoms with van der Waals surface area (Å²) in [5.41, 5.74) is 2.02. The summed E-state index contributed by atoms with van der Waals surface area (Å²) in [4.78, 5) is 25.3. The van der Waals surface area contributed by atoms with E-state index >= 15 is 0 Å². The van der Waals surface area contributed by atoms with E-state index in [1.54, 1.807) is 4.90 Å². The molecule has 1 aliphatic heterocycles. The Morgan fingerprint density at radius 2 is 1.70 bits per heavy atom. The van der Waals surface area contributed by atoms with Crippen LogP contribution in [-0.2, 0) is 4.79 Å². The molecule has 1 saturated heterocycles. The number of carbonyl (C=O) groups is 2. The normalized spacial score (nSPS) is 22.3. The molecule has 1 atom stereocenters. The summed E-state index contributed by atoms with van der Waals surface area (Å²) in [6.07, 6.45) is 8.17. The highest BCUT2D eigenvalue weighted by atomic mass is 16.4. The van der Waals surface area contributed by atoms with Crippen molar-refractivity contribution in [1.82, 2.24) is 4.90 Å². The molecule has 2 aliphatic rings. The zero-order chi connectivity index (χ0) is 16.2. The number of carbonyl (C=O) groups excluding carboxylic acids is 1. The average Bonchev–Trinajstić information content (AvgIpc) is 3.02. The number of aliphatic carboxylic acids is 1. The van der Waals surface area contributed by atoms with Crippen molar-refractivity contribution >= 4 is 11.9 Å². The van der Waals surface area contributed by atoms with Crippen LogP contribution in [0.5, 0.6) is 0 Å². The van der Waals surface area contributed by atoms with Gasteiger partial charge in [-0.05, 0) is 49.3 Å². The van der Waals surface area contributed by atoms with Crippen molar-refractivity contribution in [3.8, 4) is 0 Å². The van der Waals surface area contributed by atoms with E-state index in [4.69, 9.17) is 5.11 Å². The number of carboxylic acid groups (broad SMARTS) is 1. The predicted octanol–water partition coefficient (Wildman–Crippen LogP) is 3.81. The molecule has 3 rings (SSSR count). The lowest BCUT2D eigenvalue weighted by Crippen LogP contribution is -2.36. The van der Waals surface area contributed by atoms with Crippen LogP contribution >= 0.6 is 0 Å². The lowest BCUT2D eigenvalue weighted by molar-refractivity contribution is -0.137. The highest BCUT2D eigenvalue weighted by Gasteiger charge is 2.31. The van der Waals surface area contributed by atoms with Gasteiger partial charge in [0.1, 0.15) is 0 Å². The topological polar surface area (TPSA) is 57.6 Å². The van der Waals surface area contributed by atoms with Gasteiger partial charge in [0.15, 0.2) is 0 Å². The van der Waals surface area contributed by atoms with Gasteiger partial charge in [0.05, 0.1) is 6.42 Å². The van der Waals surface area contributed by atoms with E-state index in [2.05, 4.69) is 12.1 Å². The predicted molar refractivity (Wildman–Crippen MR) is 88.6 cm³/mol. The van der Waals surface area contributed by atoms with Crippen LogP contribution in [-0.4, -0.2) is 34.5 Å². The summed E-state index contributed by atoms with van der Waals surface area (Å²) in [5, 5.41) is 8.99. The molecule has 1 saturated carbocycles. The van der Waals surface area contributed by atoms with Gasteiger partial charge in [-0.25, -0.2) is 0 Å². The van der Waals surface area contributed by atoms with Crippen LogP contribution in [0.4, 0.5) is 0 Å². The van der Waals surface area contributed by atoms with Gasteiger partial charge in [-0.15, -0.1) is 0 Å². The van der Waals surface area contributed by atoms with Crippen molar-refractivity contribution in [1.29, 1.82) is 0 Å². The fraction of sp³-hybridized carbons (Fsp3) is 0.579. The molecule has 1 aliphatic carbocycles. The molecule has 1 aromatic carbocycles. The number of amides is 1. The molecule has 1 aromatic rings. The molecular weight excluding hydrogens is 290 g/mol. The van der Waals surface area contributed by atoms with Crippen molar-refractivity contribution in [3.05, 3.63) is 35.4 Å². The maximum atomic E-state index is 12.7. The maximum Gasteiger partial charge on any atom is 0.305 e. The Balaban J connectivity index is 1.68. The third-order valence-corrected chi connectivity index (χ3v) is 5.28. The van der Waals surface area contributed by atoms with E-state index in [0.29, 0.717) is 18.0 Å². The summed E-state index contributed by atoms with van der Waals surface area (Å²) >= 11 is 0. The van der Waals surface area contributed by atoms with E-state index in [9.17, 15) is 9.59 Å². The third kappa shape index (κ3) is 3.74. The minimum atomic E-state index is -0.831. The Morgan fingerprint density at radius 3 is 2.35 bits per heavy atom. The van der Waals surface area contributed by atoms with Crippen molar-refractivity contribution in [3.63, 3.8) is 0 Å². The number of nitrogens with zero attached hydrogens (tertiary/aromatic N) is 1. The first-order valence-electron chi connectivity index (χ1n) is 8.78. The molecule has 0 radical (unpaired) electrons. The average molecular weight is 315 g/mol. The smallest absolute Gasteiger partial charge is 0.305 e. The molecule has 4 nitrogen and oxygen atoms in total. The van der Waals surface area contributed by atoms with E-state index < -0.39 is 5.97 Å². The fourth-order valence-electron chi connectivity index (χ4n) is 4.02. The van der Waals surface area contributed by atoms with Crippen molar-refractivity contribution < 1.29 is 14.7 Å².